The lowest BCUT2D eigenvalue weighted by molar-refractivity contribution is -0.137. The van der Waals surface area contributed by atoms with Crippen LogP contribution in [0.25, 0.3) is 0 Å². The maximum Gasteiger partial charge on any atom is 0.408 e. The fraction of sp³-hybridized carbons (Fsp3) is 0.318. The molecule has 2 amide bonds. The van der Waals surface area contributed by atoms with Crippen molar-refractivity contribution < 1.29 is 33.7 Å². The van der Waals surface area contributed by atoms with Crippen LogP contribution in [0.4, 0.5) is 4.79 Å². The molecule has 0 saturated heterocycles. The molecule has 178 valence electrons. The molecule has 3 unspecified atom stereocenters. The summed E-state index contributed by atoms with van der Waals surface area (Å²) < 4.78 is 18.8. The van der Waals surface area contributed by atoms with Gasteiger partial charge in [0.1, 0.15) is 12.4 Å². The molecule has 10 nitrogen and oxygen atoms in total. The highest BCUT2D eigenvalue weighted by atomic mass is 31.2. The topological polar surface area (TPSA) is 168 Å². The van der Waals surface area contributed by atoms with Gasteiger partial charge in [0.25, 0.3) is 5.91 Å². The molecular formula is C22H28N3O7P. The summed E-state index contributed by atoms with van der Waals surface area (Å²) in [4.78, 5) is 46.9. The van der Waals surface area contributed by atoms with E-state index in [4.69, 9.17) is 10.6 Å². The minimum absolute atomic E-state index is 0.0397. The molecule has 3 atom stereocenters. The van der Waals surface area contributed by atoms with E-state index >= 15 is 0 Å². The Bertz CT molecular complexity index is 1030. The summed E-state index contributed by atoms with van der Waals surface area (Å²) in [7, 11) is -4.41. The molecule has 0 aromatic heterocycles. The Hall–Kier alpha value is -3.20. The van der Waals surface area contributed by atoms with E-state index in [9.17, 15) is 28.9 Å². The van der Waals surface area contributed by atoms with Gasteiger partial charge < -0.3 is 20.1 Å². The molecule has 0 bridgehead atoms. The van der Waals surface area contributed by atoms with E-state index in [0.717, 1.165) is 5.56 Å². The zero-order valence-corrected chi connectivity index (χ0v) is 19.2. The maximum atomic E-state index is 13.6. The number of nitrogens with two attached hydrogens (primary N) is 1. The number of benzene rings is 2. The van der Waals surface area contributed by atoms with Gasteiger partial charge >= 0.3 is 12.1 Å². The van der Waals surface area contributed by atoms with Crippen molar-refractivity contribution in [3.05, 3.63) is 71.3 Å². The molecule has 11 heteroatoms. The van der Waals surface area contributed by atoms with Crippen LogP contribution in [-0.4, -0.2) is 33.8 Å². The van der Waals surface area contributed by atoms with E-state index in [0.29, 0.717) is 0 Å². The summed E-state index contributed by atoms with van der Waals surface area (Å²) in [6.45, 7) is 3.21. The predicted molar refractivity (Wildman–Crippen MR) is 121 cm³/mol. The number of alkyl carbamates (subject to hydrolysis) is 1. The van der Waals surface area contributed by atoms with Crippen molar-refractivity contribution in [2.45, 2.75) is 38.3 Å². The number of nitrogen functional groups attached to an aromatic ring is 1. The first-order chi connectivity index (χ1) is 15.6. The van der Waals surface area contributed by atoms with E-state index < -0.39 is 49.1 Å². The molecule has 0 aliphatic carbocycles. The Kier molecular flexibility index (Phi) is 9.16. The minimum atomic E-state index is -4.41. The lowest BCUT2D eigenvalue weighted by Gasteiger charge is -2.32. The quantitative estimate of drug-likeness (QED) is 0.151. The van der Waals surface area contributed by atoms with Crippen LogP contribution in [0.15, 0.2) is 54.6 Å². The number of carbonyl (C=O) groups is 3. The monoisotopic (exact) mass is 477 g/mol. The van der Waals surface area contributed by atoms with Gasteiger partial charge in [-0.1, -0.05) is 56.3 Å². The summed E-state index contributed by atoms with van der Waals surface area (Å²) in [5, 5.41) is 11.8. The van der Waals surface area contributed by atoms with Gasteiger partial charge in [-0.15, -0.1) is 0 Å². The third-order valence-electron chi connectivity index (χ3n) is 4.99. The fourth-order valence-electron chi connectivity index (χ4n) is 3.36. The molecule has 0 spiro atoms. The van der Waals surface area contributed by atoms with E-state index in [1.165, 1.54) is 24.3 Å². The normalized spacial score (nSPS) is 14.6. The maximum absolute atomic E-state index is 13.6. The fourth-order valence-corrected chi connectivity index (χ4v) is 5.90. The number of ether oxygens (including phenoxy) is 1. The van der Waals surface area contributed by atoms with Crippen molar-refractivity contribution in [3.8, 4) is 0 Å². The number of rotatable bonds is 10. The van der Waals surface area contributed by atoms with Crippen LogP contribution in [0.1, 0.15) is 47.4 Å². The summed E-state index contributed by atoms with van der Waals surface area (Å²) in [6.07, 6.45) is -1.59. The Labute approximate surface area is 191 Å². The lowest BCUT2D eigenvalue weighted by Crippen LogP contribution is -2.40. The first-order valence-corrected chi connectivity index (χ1v) is 12.0. The number of hydrogen-bond acceptors (Lipinski definition) is 6. The lowest BCUT2D eigenvalue weighted by atomic mass is 10.1. The van der Waals surface area contributed by atoms with Gasteiger partial charge in [-0.2, -0.15) is 0 Å². The van der Waals surface area contributed by atoms with Crippen molar-refractivity contribution in [2.24, 2.45) is 11.8 Å². The number of carboxylic acid groups (broad SMARTS) is 1. The molecular weight excluding hydrogens is 449 g/mol. The smallest absolute Gasteiger partial charge is 0.408 e. The molecule has 0 aliphatic heterocycles. The van der Waals surface area contributed by atoms with Gasteiger partial charge in [-0.3, -0.25) is 19.6 Å². The average molecular weight is 477 g/mol. The van der Waals surface area contributed by atoms with Crippen LogP contribution in [-0.2, 0) is 20.7 Å². The number of carboxylic acids is 1. The highest BCUT2D eigenvalue weighted by molar-refractivity contribution is 7.59. The highest BCUT2D eigenvalue weighted by Gasteiger charge is 2.44. The van der Waals surface area contributed by atoms with Gasteiger partial charge in [0.05, 0.1) is 12.1 Å². The predicted octanol–water partition coefficient (Wildman–Crippen LogP) is 2.98. The van der Waals surface area contributed by atoms with Crippen LogP contribution < -0.4 is 16.6 Å². The number of amides is 2. The number of carbonyl (C=O) groups excluding carboxylic acids is 2. The van der Waals surface area contributed by atoms with E-state index in [2.05, 4.69) is 5.32 Å². The van der Waals surface area contributed by atoms with Crippen LogP contribution in [0.3, 0.4) is 0 Å². The van der Waals surface area contributed by atoms with Crippen LogP contribution in [0, 0.1) is 5.92 Å². The zero-order chi connectivity index (χ0) is 24.6. The largest absolute Gasteiger partial charge is 0.481 e. The van der Waals surface area contributed by atoms with Gasteiger partial charge in [0.2, 0.25) is 7.37 Å². The second-order valence-corrected chi connectivity index (χ2v) is 10.3. The van der Waals surface area contributed by atoms with E-state index in [-0.39, 0.29) is 17.7 Å². The molecule has 0 radical (unpaired) electrons. The van der Waals surface area contributed by atoms with Crippen LogP contribution >= 0.6 is 7.37 Å². The number of aliphatic carboxylic acids is 1. The van der Waals surface area contributed by atoms with Gasteiger partial charge in [-0.05, 0) is 29.2 Å². The molecule has 0 aliphatic rings. The minimum Gasteiger partial charge on any atom is -0.481 e. The standard InChI is InChI=1S/C22H28N3O7P/c1-14(2)21(24-22(29)32-13-15-7-4-3-5-8-15)33(30,31)18(12-19(26)27)16-9-6-10-17(11-16)20(28)25-23/h3-11,14,18,21H,12-13,23H2,1-2H3,(H,24,29)(H,25,28)(H,26,27)(H,30,31). The third kappa shape index (κ3) is 7.15. The van der Waals surface area contributed by atoms with E-state index in [1.54, 1.807) is 38.1 Å². The first-order valence-electron chi connectivity index (χ1n) is 10.2. The summed E-state index contributed by atoms with van der Waals surface area (Å²) in [6, 6.07) is 14.6. The van der Waals surface area contributed by atoms with Gasteiger partial charge in [-0.25, -0.2) is 10.6 Å². The molecule has 0 fully saturated rings. The highest BCUT2D eigenvalue weighted by Crippen LogP contribution is 2.61. The molecule has 2 aromatic rings. The number of nitrogens with one attached hydrogen (secondary N) is 2. The SMILES string of the molecule is CC(C)C(NC(=O)OCc1ccccc1)P(=O)(O)C(CC(=O)O)c1cccc(C(=O)NN)c1. The Morgan fingerprint density at radius 1 is 1.09 bits per heavy atom. The van der Waals surface area contributed by atoms with E-state index in [1.807, 2.05) is 11.5 Å². The molecule has 6 N–H and O–H groups in total. The Balaban J connectivity index is 2.31. The molecule has 0 saturated carbocycles. The Morgan fingerprint density at radius 3 is 2.33 bits per heavy atom. The molecule has 2 aromatic carbocycles. The summed E-state index contributed by atoms with van der Waals surface area (Å²) in [5.74, 6) is 1.38. The Morgan fingerprint density at radius 2 is 1.76 bits per heavy atom. The van der Waals surface area contributed by atoms with Crippen molar-refractivity contribution in [1.82, 2.24) is 10.7 Å². The van der Waals surface area contributed by atoms with Gasteiger partial charge in [0.15, 0.2) is 0 Å². The summed E-state index contributed by atoms with van der Waals surface area (Å²) >= 11 is 0. The van der Waals surface area contributed by atoms with Crippen molar-refractivity contribution in [3.63, 3.8) is 0 Å². The van der Waals surface area contributed by atoms with Crippen molar-refractivity contribution in [2.75, 3.05) is 0 Å². The molecule has 0 heterocycles. The molecule has 33 heavy (non-hydrogen) atoms. The third-order valence-corrected chi connectivity index (χ3v) is 7.88. The first kappa shape index (κ1) is 26.1. The van der Waals surface area contributed by atoms with Crippen LogP contribution in [0.2, 0.25) is 0 Å². The number of hydrogen-bond donors (Lipinski definition) is 5. The van der Waals surface area contributed by atoms with Gasteiger partial charge in [0, 0.05) is 5.56 Å². The van der Waals surface area contributed by atoms with Crippen molar-refractivity contribution >= 4 is 25.3 Å². The number of hydrazine groups is 1. The second-order valence-electron chi connectivity index (χ2n) is 7.78. The average Bonchev–Trinajstić information content (AvgIpc) is 2.79. The van der Waals surface area contributed by atoms with Crippen molar-refractivity contribution in [1.29, 1.82) is 0 Å². The summed E-state index contributed by atoms with van der Waals surface area (Å²) in [5.41, 5.74) is 1.57. The molecule has 2 rings (SSSR count). The zero-order valence-electron chi connectivity index (χ0n) is 18.3. The second kappa shape index (κ2) is 11.6. The van der Waals surface area contributed by atoms with Crippen LogP contribution in [0.5, 0.6) is 0 Å².